The number of rotatable bonds is 3. The van der Waals surface area contributed by atoms with E-state index in [-0.39, 0.29) is 18.5 Å². The normalized spacial score (nSPS) is 15.2. The van der Waals surface area contributed by atoms with E-state index in [1.807, 2.05) is 12.1 Å². The maximum atomic E-state index is 12.6. The first-order valence-electron chi connectivity index (χ1n) is 6.26. The van der Waals surface area contributed by atoms with Gasteiger partial charge in [0.05, 0.1) is 11.6 Å². The Kier molecular flexibility index (Phi) is 5.00. The molecule has 0 unspecified atom stereocenters. The van der Waals surface area contributed by atoms with Gasteiger partial charge in [-0.3, -0.25) is 4.79 Å². The number of hydrogen-bond acceptors (Lipinski definition) is 2. The highest BCUT2D eigenvalue weighted by Crippen LogP contribution is 2.28. The fourth-order valence-corrected chi connectivity index (χ4v) is 3.69. The summed E-state index contributed by atoms with van der Waals surface area (Å²) in [5.41, 5.74) is 0.616. The third kappa shape index (κ3) is 3.37. The van der Waals surface area contributed by atoms with Gasteiger partial charge in [0, 0.05) is 15.0 Å². The van der Waals surface area contributed by atoms with E-state index < -0.39 is 0 Å². The van der Waals surface area contributed by atoms with Crippen LogP contribution in [0.1, 0.15) is 36.0 Å². The van der Waals surface area contributed by atoms with Crippen LogP contribution in [0.15, 0.2) is 27.1 Å². The third-order valence-electron chi connectivity index (χ3n) is 3.43. The summed E-state index contributed by atoms with van der Waals surface area (Å²) in [6.07, 6.45) is 4.28. The van der Waals surface area contributed by atoms with Crippen molar-refractivity contribution in [2.45, 2.75) is 31.7 Å². The molecule has 0 aliphatic heterocycles. The van der Waals surface area contributed by atoms with Gasteiger partial charge in [-0.1, -0.05) is 28.8 Å². The molecule has 0 radical (unpaired) electrons. The van der Waals surface area contributed by atoms with E-state index >= 15 is 0 Å². The van der Waals surface area contributed by atoms with E-state index in [0.717, 1.165) is 34.6 Å². The van der Waals surface area contributed by atoms with Crippen LogP contribution in [-0.4, -0.2) is 23.4 Å². The molecule has 0 N–H and O–H groups in total. The first-order chi connectivity index (χ1) is 9.13. The number of benzene rings is 1. The first kappa shape index (κ1) is 14.5. The van der Waals surface area contributed by atoms with Crippen molar-refractivity contribution >= 4 is 37.8 Å². The summed E-state index contributed by atoms with van der Waals surface area (Å²) in [5.74, 6) is -0.0622. The predicted octanol–water partition coefficient (Wildman–Crippen LogP) is 4.12. The maximum Gasteiger partial charge on any atom is 0.256 e. The Bertz CT molecular complexity index is 519. The minimum absolute atomic E-state index is 0.0622. The van der Waals surface area contributed by atoms with Crippen molar-refractivity contribution in [3.05, 3.63) is 32.7 Å². The molecule has 1 aliphatic carbocycles. The topological polar surface area (TPSA) is 44.1 Å². The first-order valence-corrected chi connectivity index (χ1v) is 7.85. The van der Waals surface area contributed by atoms with E-state index in [1.165, 1.54) is 0 Å². The molecule has 2 rings (SSSR count). The van der Waals surface area contributed by atoms with Gasteiger partial charge in [0.1, 0.15) is 6.54 Å². The number of halogens is 2. The van der Waals surface area contributed by atoms with E-state index in [2.05, 4.69) is 37.9 Å². The lowest BCUT2D eigenvalue weighted by Crippen LogP contribution is -2.39. The largest absolute Gasteiger partial charge is 0.322 e. The molecule has 1 aliphatic rings. The summed E-state index contributed by atoms with van der Waals surface area (Å²) in [4.78, 5) is 14.3. The SMILES string of the molecule is N#CCN(C(=O)c1ccc(Br)cc1Br)C1CCCC1. The fourth-order valence-electron chi connectivity index (χ4n) is 2.48. The molecule has 1 aromatic carbocycles. The number of carbonyl (C=O) groups is 1. The fraction of sp³-hybridized carbons (Fsp3) is 0.429. The van der Waals surface area contributed by atoms with Crippen molar-refractivity contribution in [3.63, 3.8) is 0 Å². The lowest BCUT2D eigenvalue weighted by atomic mass is 10.1. The average molecular weight is 386 g/mol. The third-order valence-corrected chi connectivity index (χ3v) is 4.58. The second-order valence-electron chi connectivity index (χ2n) is 4.65. The Labute approximate surface area is 129 Å². The van der Waals surface area contributed by atoms with Crippen LogP contribution in [0.3, 0.4) is 0 Å². The van der Waals surface area contributed by atoms with Crippen molar-refractivity contribution in [1.82, 2.24) is 4.90 Å². The molecular formula is C14H14Br2N2O. The molecule has 1 fully saturated rings. The minimum Gasteiger partial charge on any atom is -0.322 e. The van der Waals surface area contributed by atoms with Crippen LogP contribution in [0.2, 0.25) is 0 Å². The van der Waals surface area contributed by atoms with E-state index in [0.29, 0.717) is 5.56 Å². The molecule has 1 saturated carbocycles. The molecule has 5 heteroatoms. The van der Waals surface area contributed by atoms with Gasteiger partial charge in [0.2, 0.25) is 0 Å². The number of nitrogens with zero attached hydrogens (tertiary/aromatic N) is 2. The van der Waals surface area contributed by atoms with Crippen LogP contribution in [-0.2, 0) is 0 Å². The Hall–Kier alpha value is -0.860. The molecule has 0 atom stereocenters. The minimum atomic E-state index is -0.0622. The molecule has 0 spiro atoms. The monoisotopic (exact) mass is 384 g/mol. The smallest absolute Gasteiger partial charge is 0.256 e. The number of carbonyl (C=O) groups excluding carboxylic acids is 1. The Morgan fingerprint density at radius 1 is 1.37 bits per heavy atom. The Morgan fingerprint density at radius 3 is 2.63 bits per heavy atom. The van der Waals surface area contributed by atoms with Crippen LogP contribution in [0.25, 0.3) is 0 Å². The summed E-state index contributed by atoms with van der Waals surface area (Å²) in [5, 5.41) is 8.94. The summed E-state index contributed by atoms with van der Waals surface area (Å²) < 4.78 is 1.68. The summed E-state index contributed by atoms with van der Waals surface area (Å²) in [6.45, 7) is 0.159. The highest BCUT2D eigenvalue weighted by molar-refractivity contribution is 9.11. The van der Waals surface area contributed by atoms with Crippen molar-refractivity contribution in [3.8, 4) is 6.07 Å². The molecule has 0 bridgehead atoms. The van der Waals surface area contributed by atoms with Gasteiger partial charge in [0.25, 0.3) is 5.91 Å². The van der Waals surface area contributed by atoms with Gasteiger partial charge in [-0.05, 0) is 47.0 Å². The standard InChI is InChI=1S/C14H14Br2N2O/c15-10-5-6-12(13(16)9-10)14(19)18(8-7-17)11-3-1-2-4-11/h5-6,9,11H,1-4,8H2. The Morgan fingerprint density at radius 2 is 2.05 bits per heavy atom. The second kappa shape index (κ2) is 6.53. The van der Waals surface area contributed by atoms with E-state index in [4.69, 9.17) is 5.26 Å². The molecular weight excluding hydrogens is 372 g/mol. The molecule has 100 valence electrons. The maximum absolute atomic E-state index is 12.6. The van der Waals surface area contributed by atoms with Crippen molar-refractivity contribution in [2.75, 3.05) is 6.54 Å². The summed E-state index contributed by atoms with van der Waals surface area (Å²) in [6, 6.07) is 7.80. The quantitative estimate of drug-likeness (QED) is 0.734. The van der Waals surface area contributed by atoms with Crippen molar-refractivity contribution in [2.24, 2.45) is 0 Å². The summed E-state index contributed by atoms with van der Waals surface area (Å²) in [7, 11) is 0. The van der Waals surface area contributed by atoms with Gasteiger partial charge >= 0.3 is 0 Å². The van der Waals surface area contributed by atoms with Crippen LogP contribution >= 0.6 is 31.9 Å². The van der Waals surface area contributed by atoms with Gasteiger partial charge < -0.3 is 4.90 Å². The second-order valence-corrected chi connectivity index (χ2v) is 6.42. The van der Waals surface area contributed by atoms with Gasteiger partial charge in [-0.25, -0.2) is 0 Å². The zero-order chi connectivity index (χ0) is 13.8. The van der Waals surface area contributed by atoms with Crippen LogP contribution in [0.5, 0.6) is 0 Å². The predicted molar refractivity (Wildman–Crippen MR) is 80.7 cm³/mol. The van der Waals surface area contributed by atoms with Crippen molar-refractivity contribution in [1.29, 1.82) is 5.26 Å². The average Bonchev–Trinajstić information content (AvgIpc) is 2.89. The van der Waals surface area contributed by atoms with Crippen LogP contribution < -0.4 is 0 Å². The zero-order valence-corrected chi connectivity index (χ0v) is 13.6. The van der Waals surface area contributed by atoms with E-state index in [1.54, 1.807) is 11.0 Å². The number of hydrogen-bond donors (Lipinski definition) is 0. The van der Waals surface area contributed by atoms with Crippen molar-refractivity contribution < 1.29 is 4.79 Å². The molecule has 1 aromatic rings. The Balaban J connectivity index is 2.25. The number of amides is 1. The zero-order valence-electron chi connectivity index (χ0n) is 10.4. The van der Waals surface area contributed by atoms with E-state index in [9.17, 15) is 4.79 Å². The highest BCUT2D eigenvalue weighted by Gasteiger charge is 2.28. The molecule has 1 amide bonds. The number of nitriles is 1. The molecule has 0 saturated heterocycles. The van der Waals surface area contributed by atoms with Crippen LogP contribution in [0, 0.1) is 11.3 Å². The highest BCUT2D eigenvalue weighted by atomic mass is 79.9. The molecule has 0 aromatic heterocycles. The molecule has 19 heavy (non-hydrogen) atoms. The van der Waals surface area contributed by atoms with Gasteiger partial charge in [0.15, 0.2) is 0 Å². The van der Waals surface area contributed by atoms with Crippen LogP contribution in [0.4, 0.5) is 0 Å². The lowest BCUT2D eigenvalue weighted by molar-refractivity contribution is 0.0708. The molecule has 0 heterocycles. The summed E-state index contributed by atoms with van der Waals surface area (Å²) >= 11 is 6.79. The molecule has 3 nitrogen and oxygen atoms in total. The van der Waals surface area contributed by atoms with Gasteiger partial charge in [-0.15, -0.1) is 0 Å². The lowest BCUT2D eigenvalue weighted by Gasteiger charge is -2.26. The van der Waals surface area contributed by atoms with Gasteiger partial charge in [-0.2, -0.15) is 5.26 Å².